The molecule has 1 unspecified atom stereocenters. The van der Waals surface area contributed by atoms with Crippen molar-refractivity contribution in [2.24, 2.45) is 0 Å². The molecular weight excluding hydrogens is 345 g/mol. The molecule has 0 spiro atoms. The lowest BCUT2D eigenvalue weighted by Crippen LogP contribution is -2.42. The Bertz CT molecular complexity index is 698. The van der Waals surface area contributed by atoms with Crippen LogP contribution in [0, 0.1) is 5.82 Å². The lowest BCUT2D eigenvalue weighted by Gasteiger charge is -2.30. The molecule has 0 saturated carbocycles. The Morgan fingerprint density at radius 3 is 2.70 bits per heavy atom. The zero-order valence-electron chi connectivity index (χ0n) is 16.1. The number of morpholine rings is 1. The fraction of sp³-hybridized carbons (Fsp3) is 0.524. The van der Waals surface area contributed by atoms with Gasteiger partial charge in [0.15, 0.2) is 0 Å². The van der Waals surface area contributed by atoms with Gasteiger partial charge in [-0.2, -0.15) is 0 Å². The van der Waals surface area contributed by atoms with Crippen LogP contribution >= 0.6 is 0 Å². The Balaban J connectivity index is 1.63. The van der Waals surface area contributed by atoms with Crippen LogP contribution < -0.4 is 0 Å². The normalized spacial score (nSPS) is 16.7. The van der Waals surface area contributed by atoms with Gasteiger partial charge in [-0.15, -0.1) is 0 Å². The van der Waals surface area contributed by atoms with Crippen LogP contribution in [-0.2, 0) is 17.8 Å². The number of benzene rings is 1. The molecule has 1 aromatic carbocycles. The highest BCUT2D eigenvalue weighted by molar-refractivity contribution is 5.19. The van der Waals surface area contributed by atoms with E-state index < -0.39 is 0 Å². The van der Waals surface area contributed by atoms with E-state index in [1.54, 1.807) is 6.07 Å². The van der Waals surface area contributed by atoms with Gasteiger partial charge in [-0.1, -0.05) is 18.2 Å². The number of aromatic nitrogens is 1. The van der Waals surface area contributed by atoms with E-state index >= 15 is 0 Å². The number of hydrogen-bond donors (Lipinski definition) is 1. The summed E-state index contributed by atoms with van der Waals surface area (Å²) in [5.74, 6) is -0.176. The van der Waals surface area contributed by atoms with Crippen molar-refractivity contribution in [1.82, 2.24) is 14.4 Å². The van der Waals surface area contributed by atoms with Gasteiger partial charge in [0.05, 0.1) is 25.9 Å². The molecule has 0 amide bonds. The van der Waals surface area contributed by atoms with Gasteiger partial charge in [0.25, 0.3) is 0 Å². The molecule has 1 saturated heterocycles. The fourth-order valence-electron chi connectivity index (χ4n) is 3.50. The molecule has 2 aromatic rings. The van der Waals surface area contributed by atoms with Crippen molar-refractivity contribution < 1.29 is 14.2 Å². The SMILES string of the molecule is CC(O)CN(CCN1CCOCC1)Cc1cccn1Cc1ccccc1F. The van der Waals surface area contributed by atoms with Gasteiger partial charge in [0.1, 0.15) is 5.82 Å². The molecule has 27 heavy (non-hydrogen) atoms. The fourth-order valence-corrected chi connectivity index (χ4v) is 3.50. The van der Waals surface area contributed by atoms with Gasteiger partial charge in [-0.25, -0.2) is 4.39 Å². The third kappa shape index (κ3) is 6.14. The largest absolute Gasteiger partial charge is 0.392 e. The summed E-state index contributed by atoms with van der Waals surface area (Å²) in [5.41, 5.74) is 1.81. The Morgan fingerprint density at radius 2 is 1.96 bits per heavy atom. The van der Waals surface area contributed by atoms with Crippen LogP contribution in [0.2, 0.25) is 0 Å². The molecular formula is C21H30FN3O2. The molecule has 1 fully saturated rings. The Morgan fingerprint density at radius 1 is 1.19 bits per heavy atom. The zero-order chi connectivity index (χ0) is 19.1. The molecule has 6 heteroatoms. The summed E-state index contributed by atoms with van der Waals surface area (Å²) in [6.45, 7) is 9.05. The quantitative estimate of drug-likeness (QED) is 0.730. The van der Waals surface area contributed by atoms with Crippen LogP contribution in [0.25, 0.3) is 0 Å². The maximum Gasteiger partial charge on any atom is 0.128 e. The first kappa shape index (κ1) is 20.0. The van der Waals surface area contributed by atoms with E-state index in [2.05, 4.69) is 20.4 Å². The molecule has 3 rings (SSSR count). The Kier molecular flexibility index (Phi) is 7.41. The molecule has 148 valence electrons. The van der Waals surface area contributed by atoms with Crippen molar-refractivity contribution in [3.8, 4) is 0 Å². The lowest BCUT2D eigenvalue weighted by atomic mass is 10.2. The summed E-state index contributed by atoms with van der Waals surface area (Å²) in [6.07, 6.45) is 1.61. The average Bonchev–Trinajstić information content (AvgIpc) is 3.09. The number of nitrogens with zero attached hydrogens (tertiary/aromatic N) is 3. The number of ether oxygens (including phenoxy) is 1. The summed E-state index contributed by atoms with van der Waals surface area (Å²) in [4.78, 5) is 4.67. The third-order valence-electron chi connectivity index (χ3n) is 4.97. The third-order valence-corrected chi connectivity index (χ3v) is 4.97. The highest BCUT2D eigenvalue weighted by Gasteiger charge is 2.16. The van der Waals surface area contributed by atoms with Crippen LogP contribution in [-0.4, -0.2) is 71.5 Å². The second-order valence-corrected chi connectivity index (χ2v) is 7.26. The number of rotatable bonds is 9. The van der Waals surface area contributed by atoms with E-state index in [4.69, 9.17) is 4.74 Å². The van der Waals surface area contributed by atoms with E-state index in [0.717, 1.165) is 51.6 Å². The number of aliphatic hydroxyl groups excluding tert-OH is 1. The lowest BCUT2D eigenvalue weighted by molar-refractivity contribution is 0.0297. The minimum absolute atomic E-state index is 0.176. The predicted molar refractivity (Wildman–Crippen MR) is 104 cm³/mol. The average molecular weight is 375 g/mol. The van der Waals surface area contributed by atoms with Crippen molar-refractivity contribution in [1.29, 1.82) is 0 Å². The van der Waals surface area contributed by atoms with E-state index in [1.807, 2.05) is 31.3 Å². The minimum atomic E-state index is -0.385. The topological polar surface area (TPSA) is 40.9 Å². The first-order valence-electron chi connectivity index (χ1n) is 9.70. The van der Waals surface area contributed by atoms with Gasteiger partial charge in [0.2, 0.25) is 0 Å². The molecule has 1 N–H and O–H groups in total. The predicted octanol–water partition coefficient (Wildman–Crippen LogP) is 2.19. The van der Waals surface area contributed by atoms with Crippen molar-refractivity contribution in [3.63, 3.8) is 0 Å². The van der Waals surface area contributed by atoms with Crippen LogP contribution in [0.15, 0.2) is 42.6 Å². The van der Waals surface area contributed by atoms with E-state index in [0.29, 0.717) is 18.7 Å². The van der Waals surface area contributed by atoms with Crippen LogP contribution in [0.5, 0.6) is 0 Å². The number of hydrogen-bond acceptors (Lipinski definition) is 4. The van der Waals surface area contributed by atoms with E-state index in [1.165, 1.54) is 6.07 Å². The van der Waals surface area contributed by atoms with Crippen LogP contribution in [0.1, 0.15) is 18.2 Å². The van der Waals surface area contributed by atoms with Crippen molar-refractivity contribution in [2.45, 2.75) is 26.1 Å². The van der Waals surface area contributed by atoms with E-state index in [-0.39, 0.29) is 11.9 Å². The number of halogens is 1. The Labute approximate surface area is 161 Å². The molecule has 1 atom stereocenters. The van der Waals surface area contributed by atoms with Crippen molar-refractivity contribution in [2.75, 3.05) is 45.9 Å². The summed E-state index contributed by atoms with van der Waals surface area (Å²) >= 11 is 0. The molecule has 1 aliphatic rings. The first-order valence-corrected chi connectivity index (χ1v) is 9.70. The molecule has 2 heterocycles. The van der Waals surface area contributed by atoms with Crippen LogP contribution in [0.3, 0.4) is 0 Å². The summed E-state index contributed by atoms with van der Waals surface area (Å²) in [7, 11) is 0. The maximum absolute atomic E-state index is 14.0. The van der Waals surface area contributed by atoms with Crippen molar-refractivity contribution >= 4 is 0 Å². The van der Waals surface area contributed by atoms with Gasteiger partial charge >= 0.3 is 0 Å². The molecule has 0 radical (unpaired) electrons. The van der Waals surface area contributed by atoms with Gasteiger partial charge in [-0.3, -0.25) is 9.80 Å². The minimum Gasteiger partial charge on any atom is -0.392 e. The van der Waals surface area contributed by atoms with Gasteiger partial charge in [-0.05, 0) is 25.1 Å². The van der Waals surface area contributed by atoms with Gasteiger partial charge < -0.3 is 14.4 Å². The van der Waals surface area contributed by atoms with E-state index in [9.17, 15) is 9.50 Å². The molecule has 0 aliphatic carbocycles. The van der Waals surface area contributed by atoms with Crippen molar-refractivity contribution in [3.05, 3.63) is 59.7 Å². The molecule has 5 nitrogen and oxygen atoms in total. The molecule has 1 aromatic heterocycles. The second kappa shape index (κ2) is 9.99. The number of aliphatic hydroxyl groups is 1. The molecule has 0 bridgehead atoms. The van der Waals surface area contributed by atoms with Crippen LogP contribution in [0.4, 0.5) is 4.39 Å². The first-order chi connectivity index (χ1) is 13.1. The highest BCUT2D eigenvalue weighted by Crippen LogP contribution is 2.13. The Hall–Kier alpha value is -1.73. The highest BCUT2D eigenvalue weighted by atomic mass is 19.1. The zero-order valence-corrected chi connectivity index (χ0v) is 16.1. The summed E-state index contributed by atoms with van der Waals surface area (Å²) < 4.78 is 21.5. The smallest absolute Gasteiger partial charge is 0.128 e. The van der Waals surface area contributed by atoms with Gasteiger partial charge in [0, 0.05) is 56.7 Å². The summed E-state index contributed by atoms with van der Waals surface area (Å²) in [5, 5.41) is 9.90. The monoisotopic (exact) mass is 375 g/mol. The summed E-state index contributed by atoms with van der Waals surface area (Å²) in [6, 6.07) is 11.0. The maximum atomic E-state index is 14.0. The second-order valence-electron chi connectivity index (χ2n) is 7.26. The molecule has 1 aliphatic heterocycles. The standard InChI is InChI=1S/C21H30FN3O2/c1-18(26)15-24(10-9-23-11-13-27-14-12-23)17-20-6-4-8-25(20)16-19-5-2-3-7-21(19)22/h2-8,18,26H,9-17H2,1H3.